The van der Waals surface area contributed by atoms with E-state index in [-0.39, 0.29) is 5.82 Å². The van der Waals surface area contributed by atoms with Crippen molar-refractivity contribution in [1.29, 1.82) is 5.26 Å². The Hall–Kier alpha value is -1.05. The Kier molecular flexibility index (Phi) is 6.03. The number of nitriles is 1. The van der Waals surface area contributed by atoms with E-state index in [1.54, 1.807) is 17.8 Å². The maximum atomic E-state index is 12.9. The summed E-state index contributed by atoms with van der Waals surface area (Å²) in [6.07, 6.45) is 0. The van der Waals surface area contributed by atoms with E-state index in [9.17, 15) is 4.39 Å². The predicted molar refractivity (Wildman–Crippen MR) is 69.6 cm³/mol. The third-order valence-corrected chi connectivity index (χ3v) is 3.68. The van der Waals surface area contributed by atoms with E-state index in [0.717, 1.165) is 30.3 Å². The molecule has 0 radical (unpaired) electrons. The van der Waals surface area contributed by atoms with Crippen molar-refractivity contribution >= 4 is 11.8 Å². The Morgan fingerprint density at radius 1 is 1.35 bits per heavy atom. The summed E-state index contributed by atoms with van der Waals surface area (Å²) in [5.41, 5.74) is 0.426. The molecule has 0 aliphatic heterocycles. The zero-order valence-corrected chi connectivity index (χ0v) is 11.1. The first-order valence-corrected chi connectivity index (χ1v) is 6.74. The fourth-order valence-corrected chi connectivity index (χ4v) is 2.53. The highest BCUT2D eigenvalue weighted by molar-refractivity contribution is 7.99. The predicted octanol–water partition coefficient (Wildman–Crippen LogP) is 3.13. The molecule has 0 spiro atoms. The van der Waals surface area contributed by atoms with Gasteiger partial charge in [-0.25, -0.2) is 4.39 Å². The number of rotatable bonds is 6. The van der Waals surface area contributed by atoms with Gasteiger partial charge in [0.1, 0.15) is 11.9 Å². The van der Waals surface area contributed by atoms with Crippen LogP contribution in [-0.4, -0.2) is 30.3 Å². The van der Waals surface area contributed by atoms with Gasteiger partial charge in [0.05, 0.1) is 5.56 Å². The second-order valence-electron chi connectivity index (χ2n) is 3.63. The zero-order chi connectivity index (χ0) is 12.7. The summed E-state index contributed by atoms with van der Waals surface area (Å²) in [6.45, 7) is 7.32. The number of benzene rings is 1. The number of thioether (sulfide) groups is 1. The average Bonchev–Trinajstić information content (AvgIpc) is 2.36. The van der Waals surface area contributed by atoms with Gasteiger partial charge in [-0.05, 0) is 31.3 Å². The second kappa shape index (κ2) is 7.31. The van der Waals surface area contributed by atoms with Crippen molar-refractivity contribution in [2.75, 3.05) is 25.4 Å². The van der Waals surface area contributed by atoms with Crippen LogP contribution in [0, 0.1) is 17.1 Å². The molecule has 0 aliphatic carbocycles. The molecule has 0 fully saturated rings. The topological polar surface area (TPSA) is 27.0 Å². The molecule has 0 unspecified atom stereocenters. The summed E-state index contributed by atoms with van der Waals surface area (Å²) in [5, 5.41) is 8.90. The highest BCUT2D eigenvalue weighted by Crippen LogP contribution is 2.23. The summed E-state index contributed by atoms with van der Waals surface area (Å²) < 4.78 is 12.9. The lowest BCUT2D eigenvalue weighted by Gasteiger charge is -2.17. The van der Waals surface area contributed by atoms with Crippen molar-refractivity contribution in [2.24, 2.45) is 0 Å². The van der Waals surface area contributed by atoms with Crippen molar-refractivity contribution in [3.05, 3.63) is 29.6 Å². The molecule has 1 aromatic carbocycles. The van der Waals surface area contributed by atoms with E-state index in [0.29, 0.717) is 5.56 Å². The van der Waals surface area contributed by atoms with Gasteiger partial charge in [0, 0.05) is 17.2 Å². The van der Waals surface area contributed by atoms with Crippen molar-refractivity contribution in [3.8, 4) is 6.07 Å². The average molecular weight is 252 g/mol. The molecule has 4 heteroatoms. The van der Waals surface area contributed by atoms with Crippen molar-refractivity contribution in [2.45, 2.75) is 18.7 Å². The van der Waals surface area contributed by atoms with Gasteiger partial charge >= 0.3 is 0 Å². The molecule has 0 atom stereocenters. The van der Waals surface area contributed by atoms with Crippen LogP contribution in [0.15, 0.2) is 23.1 Å². The molecule has 1 rings (SSSR count). The summed E-state index contributed by atoms with van der Waals surface area (Å²) >= 11 is 1.61. The molecule has 0 saturated heterocycles. The molecule has 17 heavy (non-hydrogen) atoms. The van der Waals surface area contributed by atoms with E-state index < -0.39 is 0 Å². The Morgan fingerprint density at radius 2 is 2.06 bits per heavy atom. The first-order valence-electron chi connectivity index (χ1n) is 5.76. The summed E-state index contributed by atoms with van der Waals surface area (Å²) in [5.74, 6) is 0.566. The molecule has 0 amide bonds. The van der Waals surface area contributed by atoms with Crippen LogP contribution >= 0.6 is 11.8 Å². The number of halogens is 1. The van der Waals surface area contributed by atoms with Crippen LogP contribution in [0.2, 0.25) is 0 Å². The smallest absolute Gasteiger partial charge is 0.124 e. The summed E-state index contributed by atoms with van der Waals surface area (Å²) in [7, 11) is 0. The minimum Gasteiger partial charge on any atom is -0.303 e. The van der Waals surface area contributed by atoms with Gasteiger partial charge in [0.2, 0.25) is 0 Å². The first kappa shape index (κ1) is 14.0. The monoisotopic (exact) mass is 252 g/mol. The maximum Gasteiger partial charge on any atom is 0.124 e. The van der Waals surface area contributed by atoms with Gasteiger partial charge in [0.25, 0.3) is 0 Å². The van der Waals surface area contributed by atoms with E-state index >= 15 is 0 Å². The Balaban J connectivity index is 2.55. The van der Waals surface area contributed by atoms with E-state index in [2.05, 4.69) is 18.7 Å². The molecular formula is C13H17FN2S. The lowest BCUT2D eigenvalue weighted by atomic mass is 10.2. The highest BCUT2D eigenvalue weighted by Gasteiger charge is 2.05. The van der Waals surface area contributed by atoms with Gasteiger partial charge in [-0.2, -0.15) is 5.26 Å². The van der Waals surface area contributed by atoms with E-state index in [4.69, 9.17) is 5.26 Å². The van der Waals surface area contributed by atoms with Gasteiger partial charge in [-0.15, -0.1) is 11.8 Å². The van der Waals surface area contributed by atoms with Crippen LogP contribution in [-0.2, 0) is 0 Å². The van der Waals surface area contributed by atoms with Crippen LogP contribution in [0.5, 0.6) is 0 Å². The van der Waals surface area contributed by atoms with Crippen LogP contribution in [0.1, 0.15) is 19.4 Å². The van der Waals surface area contributed by atoms with Gasteiger partial charge in [0.15, 0.2) is 0 Å². The normalized spacial score (nSPS) is 10.5. The third kappa shape index (κ3) is 4.37. The lowest BCUT2D eigenvalue weighted by Crippen LogP contribution is -2.25. The molecule has 1 aromatic rings. The van der Waals surface area contributed by atoms with Crippen molar-refractivity contribution < 1.29 is 4.39 Å². The molecule has 0 heterocycles. The Labute approximate surface area is 106 Å². The molecule has 2 nitrogen and oxygen atoms in total. The van der Waals surface area contributed by atoms with Crippen LogP contribution in [0.3, 0.4) is 0 Å². The molecular weight excluding hydrogens is 235 g/mol. The molecule has 0 aliphatic rings. The maximum absolute atomic E-state index is 12.9. The van der Waals surface area contributed by atoms with Gasteiger partial charge in [-0.1, -0.05) is 13.8 Å². The standard InChI is InChI=1S/C13H17FN2S/c1-3-16(4-2)7-8-17-13-6-5-12(14)9-11(13)10-15/h5-6,9H,3-4,7-8H2,1-2H3. The molecule has 0 N–H and O–H groups in total. The minimum atomic E-state index is -0.352. The molecule has 92 valence electrons. The SMILES string of the molecule is CCN(CC)CCSc1ccc(F)cc1C#N. The zero-order valence-electron chi connectivity index (χ0n) is 10.2. The number of hydrogen-bond donors (Lipinski definition) is 0. The van der Waals surface area contributed by atoms with Crippen molar-refractivity contribution in [3.63, 3.8) is 0 Å². The number of hydrogen-bond acceptors (Lipinski definition) is 3. The Morgan fingerprint density at radius 3 is 2.65 bits per heavy atom. The summed E-state index contributed by atoms with van der Waals surface area (Å²) in [4.78, 5) is 3.18. The molecule has 0 bridgehead atoms. The minimum absolute atomic E-state index is 0.352. The fourth-order valence-electron chi connectivity index (χ4n) is 1.54. The van der Waals surface area contributed by atoms with E-state index in [1.165, 1.54) is 12.1 Å². The number of nitrogens with zero attached hydrogens (tertiary/aromatic N) is 2. The second-order valence-corrected chi connectivity index (χ2v) is 4.76. The van der Waals surface area contributed by atoms with Crippen LogP contribution < -0.4 is 0 Å². The third-order valence-electron chi connectivity index (χ3n) is 2.62. The molecule has 0 saturated carbocycles. The highest BCUT2D eigenvalue weighted by atomic mass is 32.2. The van der Waals surface area contributed by atoms with E-state index in [1.807, 2.05) is 6.07 Å². The quantitative estimate of drug-likeness (QED) is 0.728. The molecule has 0 aromatic heterocycles. The fraction of sp³-hybridized carbons (Fsp3) is 0.462. The first-order chi connectivity index (χ1) is 8.21. The van der Waals surface area contributed by atoms with Gasteiger partial charge < -0.3 is 4.90 Å². The van der Waals surface area contributed by atoms with Crippen LogP contribution in [0.4, 0.5) is 4.39 Å². The van der Waals surface area contributed by atoms with Gasteiger partial charge in [-0.3, -0.25) is 0 Å². The lowest BCUT2D eigenvalue weighted by molar-refractivity contribution is 0.324. The Bertz CT molecular complexity index is 397. The van der Waals surface area contributed by atoms with Crippen LogP contribution in [0.25, 0.3) is 0 Å². The summed E-state index contributed by atoms with van der Waals surface area (Å²) in [6, 6.07) is 6.40. The largest absolute Gasteiger partial charge is 0.303 e. The van der Waals surface area contributed by atoms with Crippen molar-refractivity contribution in [1.82, 2.24) is 4.90 Å².